The minimum absolute atomic E-state index is 0.0850. The third-order valence-corrected chi connectivity index (χ3v) is 3.40. The Morgan fingerprint density at radius 1 is 0.944 bits per heavy atom. The average Bonchev–Trinajstić information content (AvgIpc) is 2.39. The van der Waals surface area contributed by atoms with Gasteiger partial charge in [0.15, 0.2) is 0 Å². The molecule has 102 valence electrons. The Morgan fingerprint density at radius 3 is 1.94 bits per heavy atom. The number of aliphatic hydroxyl groups excluding tert-OH is 3. The van der Waals surface area contributed by atoms with Crippen LogP contribution in [0.2, 0.25) is 0 Å². The van der Waals surface area contributed by atoms with E-state index in [9.17, 15) is 15.3 Å². The van der Waals surface area contributed by atoms with Gasteiger partial charge in [0.25, 0.3) is 0 Å². The van der Waals surface area contributed by atoms with Crippen molar-refractivity contribution in [3.05, 3.63) is 28.8 Å². The molecule has 0 aromatic heterocycles. The Balaban J connectivity index is 2.89. The molecule has 0 saturated heterocycles. The zero-order valence-corrected chi connectivity index (χ0v) is 11.2. The van der Waals surface area contributed by atoms with Crippen LogP contribution in [0.15, 0.2) is 12.1 Å². The van der Waals surface area contributed by atoms with Gasteiger partial charge in [-0.15, -0.1) is 0 Å². The molecule has 0 atom stereocenters. The van der Waals surface area contributed by atoms with Crippen LogP contribution in [0.25, 0.3) is 0 Å². The smallest absolute Gasteiger partial charge is 0.125 e. The van der Waals surface area contributed by atoms with Gasteiger partial charge in [0.05, 0.1) is 25.2 Å². The van der Waals surface area contributed by atoms with Crippen molar-refractivity contribution in [3.63, 3.8) is 0 Å². The van der Waals surface area contributed by atoms with Crippen LogP contribution in [0.5, 0.6) is 5.75 Å². The fourth-order valence-corrected chi connectivity index (χ4v) is 1.66. The Labute approximate surface area is 108 Å². The first-order valence-electron chi connectivity index (χ1n) is 6.02. The molecule has 0 bridgehead atoms. The summed E-state index contributed by atoms with van der Waals surface area (Å²) in [5.74, 6) is 0.759. The number of ether oxygens (including phenoxy) is 1. The van der Waals surface area contributed by atoms with Crippen LogP contribution in [-0.4, -0.2) is 41.7 Å². The maximum Gasteiger partial charge on any atom is 0.125 e. The number of hydrogen-bond acceptors (Lipinski definition) is 4. The highest BCUT2D eigenvalue weighted by atomic mass is 16.5. The van der Waals surface area contributed by atoms with Crippen molar-refractivity contribution in [2.45, 2.75) is 20.8 Å². The van der Waals surface area contributed by atoms with Crippen LogP contribution in [-0.2, 0) is 0 Å². The molecule has 3 N–H and O–H groups in total. The second-order valence-electron chi connectivity index (χ2n) is 4.92. The predicted octanol–water partition coefficient (Wildman–Crippen LogP) is 0.954. The first kappa shape index (κ1) is 15.0. The highest BCUT2D eigenvalue weighted by Gasteiger charge is 2.29. The molecule has 0 fully saturated rings. The molecule has 0 spiro atoms. The molecule has 0 aliphatic heterocycles. The third kappa shape index (κ3) is 3.02. The third-order valence-electron chi connectivity index (χ3n) is 3.40. The minimum Gasteiger partial charge on any atom is -0.492 e. The summed E-state index contributed by atoms with van der Waals surface area (Å²) in [5, 5.41) is 27.7. The molecule has 0 aliphatic carbocycles. The van der Waals surface area contributed by atoms with E-state index in [1.54, 1.807) is 0 Å². The van der Waals surface area contributed by atoms with Gasteiger partial charge in [0.2, 0.25) is 0 Å². The fraction of sp³-hybridized carbons (Fsp3) is 0.571. The largest absolute Gasteiger partial charge is 0.492 e. The van der Waals surface area contributed by atoms with Crippen molar-refractivity contribution in [1.82, 2.24) is 0 Å². The van der Waals surface area contributed by atoms with Crippen molar-refractivity contribution in [2.75, 3.05) is 26.4 Å². The fourth-order valence-electron chi connectivity index (χ4n) is 1.66. The summed E-state index contributed by atoms with van der Waals surface area (Å²) in [6.45, 7) is 5.05. The monoisotopic (exact) mass is 254 g/mol. The molecule has 4 heteroatoms. The molecule has 1 rings (SSSR count). The van der Waals surface area contributed by atoms with Crippen LogP contribution in [0.3, 0.4) is 0 Å². The summed E-state index contributed by atoms with van der Waals surface area (Å²) < 4.78 is 5.71. The second kappa shape index (κ2) is 6.18. The van der Waals surface area contributed by atoms with Crippen LogP contribution < -0.4 is 4.74 Å². The van der Waals surface area contributed by atoms with Crippen molar-refractivity contribution in [3.8, 4) is 5.75 Å². The van der Waals surface area contributed by atoms with Crippen LogP contribution >= 0.6 is 0 Å². The van der Waals surface area contributed by atoms with Gasteiger partial charge in [-0.1, -0.05) is 12.1 Å². The quantitative estimate of drug-likeness (QED) is 0.707. The molecule has 0 aliphatic rings. The Morgan fingerprint density at radius 2 is 1.44 bits per heavy atom. The van der Waals surface area contributed by atoms with Gasteiger partial charge in [0, 0.05) is 0 Å². The van der Waals surface area contributed by atoms with Crippen LogP contribution in [0.1, 0.15) is 16.7 Å². The molecule has 18 heavy (non-hydrogen) atoms. The number of benzene rings is 1. The first-order valence-corrected chi connectivity index (χ1v) is 6.02. The molecule has 0 unspecified atom stereocenters. The summed E-state index contributed by atoms with van der Waals surface area (Å²) in [6, 6.07) is 3.99. The van der Waals surface area contributed by atoms with E-state index in [1.165, 1.54) is 0 Å². The summed E-state index contributed by atoms with van der Waals surface area (Å²) >= 11 is 0. The van der Waals surface area contributed by atoms with E-state index < -0.39 is 5.41 Å². The summed E-state index contributed by atoms with van der Waals surface area (Å²) in [4.78, 5) is 0. The lowest BCUT2D eigenvalue weighted by Crippen LogP contribution is -2.40. The molecule has 0 heterocycles. The number of aryl methyl sites for hydroxylation is 2. The Bertz CT molecular complexity index is 389. The second-order valence-corrected chi connectivity index (χ2v) is 4.92. The van der Waals surface area contributed by atoms with Gasteiger partial charge >= 0.3 is 0 Å². The van der Waals surface area contributed by atoms with Gasteiger partial charge in [-0.05, 0) is 37.5 Å². The molecular weight excluding hydrogens is 232 g/mol. The topological polar surface area (TPSA) is 69.9 Å². The van der Waals surface area contributed by atoms with E-state index in [2.05, 4.69) is 0 Å². The molecule has 0 radical (unpaired) electrons. The molecular formula is C14H22O4. The van der Waals surface area contributed by atoms with Gasteiger partial charge in [-0.3, -0.25) is 0 Å². The molecule has 1 aromatic carbocycles. The Kier molecular flexibility index (Phi) is 5.14. The van der Waals surface area contributed by atoms with E-state index in [4.69, 9.17) is 4.74 Å². The van der Waals surface area contributed by atoms with Gasteiger partial charge < -0.3 is 20.1 Å². The molecule has 0 amide bonds. The van der Waals surface area contributed by atoms with E-state index in [-0.39, 0.29) is 26.4 Å². The van der Waals surface area contributed by atoms with Crippen LogP contribution in [0, 0.1) is 26.2 Å². The standard InChI is InChI=1S/C14H22O4/c1-10-4-5-11(2)13(12(10)3)18-9-14(6-15,7-16)8-17/h4-5,15-17H,6-9H2,1-3H3. The highest BCUT2D eigenvalue weighted by Crippen LogP contribution is 2.27. The number of hydrogen-bond donors (Lipinski definition) is 3. The van der Waals surface area contributed by atoms with E-state index in [0.717, 1.165) is 22.4 Å². The van der Waals surface area contributed by atoms with Crippen molar-refractivity contribution < 1.29 is 20.1 Å². The summed E-state index contributed by atoms with van der Waals surface area (Å²) in [5.41, 5.74) is 2.17. The van der Waals surface area contributed by atoms with Crippen molar-refractivity contribution in [2.24, 2.45) is 5.41 Å². The van der Waals surface area contributed by atoms with E-state index in [1.807, 2.05) is 32.9 Å². The van der Waals surface area contributed by atoms with E-state index in [0.29, 0.717) is 0 Å². The predicted molar refractivity (Wildman–Crippen MR) is 69.8 cm³/mol. The Hall–Kier alpha value is -1.10. The summed E-state index contributed by atoms with van der Waals surface area (Å²) in [7, 11) is 0. The van der Waals surface area contributed by atoms with Gasteiger partial charge in [-0.25, -0.2) is 0 Å². The van der Waals surface area contributed by atoms with Crippen LogP contribution in [0.4, 0.5) is 0 Å². The van der Waals surface area contributed by atoms with Gasteiger partial charge in [0.1, 0.15) is 12.4 Å². The zero-order valence-electron chi connectivity index (χ0n) is 11.2. The number of rotatable bonds is 6. The van der Waals surface area contributed by atoms with Crippen molar-refractivity contribution in [1.29, 1.82) is 0 Å². The lowest BCUT2D eigenvalue weighted by atomic mass is 9.92. The van der Waals surface area contributed by atoms with Gasteiger partial charge in [-0.2, -0.15) is 0 Å². The highest BCUT2D eigenvalue weighted by molar-refractivity contribution is 5.44. The number of aliphatic hydroxyl groups is 3. The lowest BCUT2D eigenvalue weighted by molar-refractivity contribution is -0.0261. The average molecular weight is 254 g/mol. The molecule has 4 nitrogen and oxygen atoms in total. The molecule has 0 saturated carbocycles. The zero-order chi connectivity index (χ0) is 13.8. The normalized spacial score (nSPS) is 11.7. The summed E-state index contributed by atoms with van der Waals surface area (Å²) in [6.07, 6.45) is 0. The maximum absolute atomic E-state index is 9.25. The van der Waals surface area contributed by atoms with Crippen molar-refractivity contribution >= 4 is 0 Å². The minimum atomic E-state index is -0.997. The maximum atomic E-state index is 9.25. The SMILES string of the molecule is Cc1ccc(C)c(OCC(CO)(CO)CO)c1C. The van der Waals surface area contributed by atoms with E-state index >= 15 is 0 Å². The molecule has 1 aromatic rings. The lowest BCUT2D eigenvalue weighted by Gasteiger charge is -2.28. The first-order chi connectivity index (χ1) is 8.49.